The Labute approximate surface area is 297 Å². The lowest BCUT2D eigenvalue weighted by Gasteiger charge is -2.13. The van der Waals surface area contributed by atoms with Crippen LogP contribution in [0.3, 0.4) is 0 Å². The average Bonchev–Trinajstić information content (AvgIpc) is 3.43. The van der Waals surface area contributed by atoms with Crippen molar-refractivity contribution in [3.63, 3.8) is 0 Å². The van der Waals surface area contributed by atoms with E-state index in [0.717, 1.165) is 4.90 Å². The van der Waals surface area contributed by atoms with Crippen molar-refractivity contribution in [2.75, 3.05) is 165 Å². The van der Waals surface area contributed by atoms with Crippen LogP contribution < -0.4 is 0 Å². The minimum atomic E-state index is -0.309. The van der Waals surface area contributed by atoms with Gasteiger partial charge in [0.25, 0.3) is 11.8 Å². The number of ether oxygens (including phenoxy) is 12. The molecular weight excluding hydrogens is 662 g/mol. The Kier molecular flexibility index (Phi) is 32.7. The summed E-state index contributed by atoms with van der Waals surface area (Å²) in [5, 5.41) is 0. The molecule has 1 aliphatic heterocycles. The van der Waals surface area contributed by atoms with E-state index >= 15 is 0 Å². The Bertz CT molecular complexity index is 827. The Balaban J connectivity index is 1.62. The fourth-order valence-corrected chi connectivity index (χ4v) is 3.79. The van der Waals surface area contributed by atoms with Gasteiger partial charge in [0, 0.05) is 24.5 Å². The zero-order valence-corrected chi connectivity index (χ0v) is 30.2. The largest absolute Gasteiger partial charge is 0.379 e. The monoisotopic (exact) mass is 723 g/mol. The third kappa shape index (κ3) is 29.8. The number of nitrogens with zero attached hydrogens (tertiary/aromatic N) is 1. The van der Waals surface area contributed by atoms with Crippen LogP contribution in [-0.2, 0) is 71.2 Å². The lowest BCUT2D eigenvalue weighted by atomic mass is 10.1. The molecule has 0 bridgehead atoms. The van der Waals surface area contributed by atoms with Gasteiger partial charge in [0.15, 0.2) is 0 Å². The molecule has 0 aromatic heterocycles. The van der Waals surface area contributed by atoms with Gasteiger partial charge in [0.2, 0.25) is 0 Å². The highest BCUT2D eigenvalue weighted by Crippen LogP contribution is 2.02. The summed E-state index contributed by atoms with van der Waals surface area (Å²) in [6, 6.07) is 0. The molecule has 0 spiro atoms. The van der Waals surface area contributed by atoms with Gasteiger partial charge in [-0.2, -0.15) is 0 Å². The minimum Gasteiger partial charge on any atom is -0.379 e. The van der Waals surface area contributed by atoms with E-state index in [-0.39, 0.29) is 36.7 Å². The van der Waals surface area contributed by atoms with E-state index in [4.69, 9.17) is 56.8 Å². The molecule has 0 aliphatic carbocycles. The number of rotatable bonds is 40. The Morgan fingerprint density at radius 2 is 0.640 bits per heavy atom. The summed E-state index contributed by atoms with van der Waals surface area (Å²) in [6.45, 7) is 15.1. The first-order chi connectivity index (χ1) is 24.5. The van der Waals surface area contributed by atoms with Crippen molar-refractivity contribution < 1.29 is 71.2 Å². The molecule has 0 radical (unpaired) electrons. The van der Waals surface area contributed by atoms with E-state index in [1.807, 2.05) is 13.8 Å². The van der Waals surface area contributed by atoms with Crippen LogP contribution in [0, 0.1) is 5.92 Å². The number of hydrogen-bond donors (Lipinski definition) is 0. The Hall–Kier alpha value is -1.93. The molecule has 16 heteroatoms. The van der Waals surface area contributed by atoms with Crippen molar-refractivity contribution in [3.05, 3.63) is 12.2 Å². The van der Waals surface area contributed by atoms with Gasteiger partial charge < -0.3 is 56.8 Å². The van der Waals surface area contributed by atoms with Gasteiger partial charge in [0.1, 0.15) is 5.78 Å². The smallest absolute Gasteiger partial charge is 0.253 e. The number of carbonyl (C=O) groups is 3. The van der Waals surface area contributed by atoms with E-state index < -0.39 is 0 Å². The Morgan fingerprint density at radius 1 is 0.420 bits per heavy atom. The number of hydrogen-bond acceptors (Lipinski definition) is 15. The summed E-state index contributed by atoms with van der Waals surface area (Å²) in [6.07, 6.45) is 2.95. The average molecular weight is 724 g/mol. The van der Waals surface area contributed by atoms with Gasteiger partial charge in [0.05, 0.1) is 165 Å². The van der Waals surface area contributed by atoms with Crippen molar-refractivity contribution >= 4 is 17.6 Å². The highest BCUT2D eigenvalue weighted by atomic mass is 16.6. The molecule has 1 aliphatic rings. The molecule has 0 saturated carbocycles. The zero-order valence-electron chi connectivity index (χ0n) is 30.2. The fourth-order valence-electron chi connectivity index (χ4n) is 3.79. The molecule has 2 amide bonds. The maximum atomic E-state index is 11.5. The van der Waals surface area contributed by atoms with E-state index in [9.17, 15) is 14.4 Å². The summed E-state index contributed by atoms with van der Waals surface area (Å²) >= 11 is 0. The molecule has 0 fully saturated rings. The normalized spacial score (nSPS) is 13.1. The second-order valence-corrected chi connectivity index (χ2v) is 10.9. The minimum absolute atomic E-state index is 0.0537. The molecule has 50 heavy (non-hydrogen) atoms. The molecule has 16 nitrogen and oxygen atoms in total. The lowest BCUT2D eigenvalue weighted by Crippen LogP contribution is -2.33. The number of amides is 2. The molecule has 0 unspecified atom stereocenters. The maximum Gasteiger partial charge on any atom is 0.253 e. The first-order valence-corrected chi connectivity index (χ1v) is 17.5. The molecule has 0 aromatic rings. The molecule has 0 atom stereocenters. The standard InChI is InChI=1S/C34H61NO15/c1-31(2)32(36)5-7-39-9-11-41-13-15-43-17-19-45-21-23-47-25-27-49-29-30-50-28-26-48-24-22-46-20-18-44-16-14-42-12-10-40-8-6-35-33(37)3-4-34(35)38/h3-4,31H,5-30H2,1-2H3. The highest BCUT2D eigenvalue weighted by molar-refractivity contribution is 6.12. The molecule has 1 rings (SSSR count). The molecule has 0 N–H and O–H groups in total. The summed E-state index contributed by atoms with van der Waals surface area (Å²) in [7, 11) is 0. The van der Waals surface area contributed by atoms with Crippen molar-refractivity contribution in [1.29, 1.82) is 0 Å². The van der Waals surface area contributed by atoms with E-state index in [0.29, 0.717) is 158 Å². The van der Waals surface area contributed by atoms with Crippen molar-refractivity contribution in [3.8, 4) is 0 Å². The summed E-state index contributed by atoms with van der Waals surface area (Å²) in [5.41, 5.74) is 0. The first-order valence-electron chi connectivity index (χ1n) is 17.5. The highest BCUT2D eigenvalue weighted by Gasteiger charge is 2.22. The van der Waals surface area contributed by atoms with Crippen molar-refractivity contribution in [1.82, 2.24) is 4.90 Å². The third-order valence-corrected chi connectivity index (χ3v) is 6.59. The van der Waals surface area contributed by atoms with E-state index in [1.54, 1.807) is 0 Å². The molecule has 0 aromatic carbocycles. The van der Waals surface area contributed by atoms with Gasteiger partial charge in [-0.05, 0) is 0 Å². The molecular formula is C34H61NO15. The van der Waals surface area contributed by atoms with Gasteiger partial charge in [-0.1, -0.05) is 13.8 Å². The fraction of sp³-hybridized carbons (Fsp3) is 0.853. The van der Waals surface area contributed by atoms with E-state index in [2.05, 4.69) is 0 Å². The summed E-state index contributed by atoms with van der Waals surface area (Å²) in [5.74, 6) is -0.352. The van der Waals surface area contributed by atoms with E-state index in [1.165, 1.54) is 12.2 Å². The van der Waals surface area contributed by atoms with Crippen LogP contribution in [0.1, 0.15) is 20.3 Å². The van der Waals surface area contributed by atoms with Crippen LogP contribution in [0.4, 0.5) is 0 Å². The number of carbonyl (C=O) groups excluding carboxylic acids is 3. The van der Waals surface area contributed by atoms with Gasteiger partial charge in [-0.25, -0.2) is 0 Å². The number of ketones is 1. The number of Topliss-reactive ketones (excluding diaryl/α,β-unsaturated/α-hetero) is 1. The SMILES string of the molecule is CC(C)C(=O)CCOCCOCCOCCOCCOCCOCCOCCOCCOCCOCCOCCOCCN1C(=O)C=CC1=O. The second-order valence-electron chi connectivity index (χ2n) is 10.9. The van der Waals surface area contributed by atoms with Crippen LogP contribution in [0.2, 0.25) is 0 Å². The molecule has 0 saturated heterocycles. The third-order valence-electron chi connectivity index (χ3n) is 6.59. The molecule has 292 valence electrons. The van der Waals surface area contributed by atoms with Gasteiger partial charge >= 0.3 is 0 Å². The maximum absolute atomic E-state index is 11.5. The predicted octanol–water partition coefficient (Wildman–Crippen LogP) is 0.726. The van der Waals surface area contributed by atoms with Crippen LogP contribution in [-0.4, -0.2) is 188 Å². The lowest BCUT2D eigenvalue weighted by molar-refractivity contribution is -0.137. The summed E-state index contributed by atoms with van der Waals surface area (Å²) in [4.78, 5) is 35.4. The second kappa shape index (κ2) is 35.5. The van der Waals surface area contributed by atoms with Crippen LogP contribution in [0.25, 0.3) is 0 Å². The van der Waals surface area contributed by atoms with Crippen LogP contribution in [0.5, 0.6) is 0 Å². The van der Waals surface area contributed by atoms with Crippen LogP contribution in [0.15, 0.2) is 12.2 Å². The first kappa shape index (κ1) is 46.1. The summed E-state index contributed by atoms with van der Waals surface area (Å²) < 4.78 is 65.3. The quantitative estimate of drug-likeness (QED) is 0.0641. The predicted molar refractivity (Wildman–Crippen MR) is 180 cm³/mol. The Morgan fingerprint density at radius 3 is 0.880 bits per heavy atom. The zero-order chi connectivity index (χ0) is 36.2. The van der Waals surface area contributed by atoms with Crippen LogP contribution >= 0.6 is 0 Å². The molecule has 1 heterocycles. The number of imide groups is 1. The van der Waals surface area contributed by atoms with Crippen molar-refractivity contribution in [2.24, 2.45) is 5.92 Å². The van der Waals surface area contributed by atoms with Gasteiger partial charge in [-0.3, -0.25) is 19.3 Å². The van der Waals surface area contributed by atoms with Crippen molar-refractivity contribution in [2.45, 2.75) is 20.3 Å². The topological polar surface area (TPSA) is 165 Å². The van der Waals surface area contributed by atoms with Gasteiger partial charge in [-0.15, -0.1) is 0 Å².